The van der Waals surface area contributed by atoms with Crippen molar-refractivity contribution in [2.75, 3.05) is 37.7 Å². The first-order chi connectivity index (χ1) is 14.5. The minimum absolute atomic E-state index is 0.0913. The van der Waals surface area contributed by atoms with Gasteiger partial charge in [-0.1, -0.05) is 6.07 Å². The summed E-state index contributed by atoms with van der Waals surface area (Å²) in [5, 5.41) is 12.3. The Balaban J connectivity index is 1.63. The highest BCUT2D eigenvalue weighted by Crippen LogP contribution is 2.46. The quantitative estimate of drug-likeness (QED) is 0.742. The fourth-order valence-electron chi connectivity index (χ4n) is 4.09. The highest BCUT2D eigenvalue weighted by atomic mass is 19.2. The molecule has 1 saturated heterocycles. The second kappa shape index (κ2) is 8.47. The standard InChI is InChI=1S/C22H23F3N2O3/c23-15-2-1-3-16(10-15)30-20-12-18(25)17(24)11-19(20)27-7-5-22(14-27)4-6-26-13-21(22)29-9-8-28/h1-3,10-13,26,28H,4-9,14H2. The molecule has 8 heteroatoms. The van der Waals surface area contributed by atoms with E-state index in [1.165, 1.54) is 18.2 Å². The van der Waals surface area contributed by atoms with E-state index in [4.69, 9.17) is 14.6 Å². The highest BCUT2D eigenvalue weighted by molar-refractivity contribution is 5.61. The summed E-state index contributed by atoms with van der Waals surface area (Å²) in [6.45, 7) is 1.98. The average molecular weight is 420 g/mol. The molecule has 2 aromatic carbocycles. The number of nitrogens with zero attached hydrogens (tertiary/aromatic N) is 1. The number of ether oxygens (including phenoxy) is 2. The Hall–Kier alpha value is -2.87. The van der Waals surface area contributed by atoms with Gasteiger partial charge >= 0.3 is 0 Å². The van der Waals surface area contributed by atoms with Crippen LogP contribution in [0.1, 0.15) is 12.8 Å². The van der Waals surface area contributed by atoms with Gasteiger partial charge in [0.2, 0.25) is 0 Å². The van der Waals surface area contributed by atoms with Crippen molar-refractivity contribution in [3.8, 4) is 11.5 Å². The van der Waals surface area contributed by atoms with Crippen molar-refractivity contribution >= 4 is 5.69 Å². The molecule has 2 aliphatic rings. The summed E-state index contributed by atoms with van der Waals surface area (Å²) < 4.78 is 53.1. The number of hydrogen-bond donors (Lipinski definition) is 2. The summed E-state index contributed by atoms with van der Waals surface area (Å²) in [5.74, 6) is -1.43. The van der Waals surface area contributed by atoms with E-state index in [-0.39, 0.29) is 30.1 Å². The van der Waals surface area contributed by atoms with E-state index in [0.717, 1.165) is 37.3 Å². The number of hydrogen-bond acceptors (Lipinski definition) is 5. The SMILES string of the molecule is OCCOC1=CNCCC12CCN(c1cc(F)c(F)cc1Oc1cccc(F)c1)C2. The van der Waals surface area contributed by atoms with Gasteiger partial charge in [-0.3, -0.25) is 0 Å². The van der Waals surface area contributed by atoms with Gasteiger partial charge in [0.1, 0.15) is 23.9 Å². The highest BCUT2D eigenvalue weighted by Gasteiger charge is 2.44. The number of aliphatic hydroxyl groups excluding tert-OH is 1. The zero-order chi connectivity index (χ0) is 21.1. The van der Waals surface area contributed by atoms with Gasteiger partial charge in [0, 0.05) is 44.0 Å². The Morgan fingerprint density at radius 1 is 1.10 bits per heavy atom. The lowest BCUT2D eigenvalue weighted by Crippen LogP contribution is -2.37. The maximum absolute atomic E-state index is 14.1. The molecule has 4 rings (SSSR count). The third kappa shape index (κ3) is 4.05. The largest absolute Gasteiger partial charge is 0.493 e. The number of rotatable bonds is 6. The molecule has 0 aromatic heterocycles. The van der Waals surface area contributed by atoms with E-state index in [0.29, 0.717) is 18.8 Å². The van der Waals surface area contributed by atoms with Crippen LogP contribution in [0.4, 0.5) is 18.9 Å². The average Bonchev–Trinajstić information content (AvgIpc) is 3.14. The monoisotopic (exact) mass is 420 g/mol. The maximum Gasteiger partial charge on any atom is 0.162 e. The Morgan fingerprint density at radius 2 is 1.93 bits per heavy atom. The summed E-state index contributed by atoms with van der Waals surface area (Å²) in [7, 11) is 0. The van der Waals surface area contributed by atoms with E-state index < -0.39 is 17.5 Å². The minimum atomic E-state index is -1.03. The van der Waals surface area contributed by atoms with Gasteiger partial charge in [0.05, 0.1) is 17.7 Å². The zero-order valence-electron chi connectivity index (χ0n) is 16.3. The molecule has 1 unspecified atom stereocenters. The minimum Gasteiger partial charge on any atom is -0.493 e. The fourth-order valence-corrected chi connectivity index (χ4v) is 4.09. The molecular formula is C22H23F3N2O3. The third-order valence-electron chi connectivity index (χ3n) is 5.57. The molecule has 2 heterocycles. The van der Waals surface area contributed by atoms with Crippen LogP contribution in [0.15, 0.2) is 48.4 Å². The molecule has 0 saturated carbocycles. The predicted octanol–water partition coefficient (Wildman–Crippen LogP) is 3.94. The van der Waals surface area contributed by atoms with Gasteiger partial charge in [-0.2, -0.15) is 0 Å². The summed E-state index contributed by atoms with van der Waals surface area (Å²) in [6, 6.07) is 7.60. The van der Waals surface area contributed by atoms with Gasteiger partial charge in [0.15, 0.2) is 17.4 Å². The van der Waals surface area contributed by atoms with Gasteiger partial charge in [-0.15, -0.1) is 0 Å². The van der Waals surface area contributed by atoms with E-state index >= 15 is 0 Å². The molecule has 160 valence electrons. The number of benzene rings is 2. The number of anilines is 1. The molecule has 2 aliphatic heterocycles. The lowest BCUT2D eigenvalue weighted by molar-refractivity contribution is 0.0887. The Kier molecular flexibility index (Phi) is 5.76. The van der Waals surface area contributed by atoms with Crippen LogP contribution < -0.4 is 15.0 Å². The molecule has 0 radical (unpaired) electrons. The summed E-state index contributed by atoms with van der Waals surface area (Å²) in [4.78, 5) is 1.93. The second-order valence-electron chi connectivity index (χ2n) is 7.53. The van der Waals surface area contributed by atoms with E-state index in [2.05, 4.69) is 5.32 Å². The molecule has 1 atom stereocenters. The Bertz CT molecular complexity index is 953. The van der Waals surface area contributed by atoms with E-state index in [1.807, 2.05) is 11.1 Å². The van der Waals surface area contributed by atoms with Crippen molar-refractivity contribution in [1.29, 1.82) is 0 Å². The molecule has 30 heavy (non-hydrogen) atoms. The first-order valence-corrected chi connectivity index (χ1v) is 9.86. The van der Waals surface area contributed by atoms with Crippen molar-refractivity contribution in [1.82, 2.24) is 5.32 Å². The van der Waals surface area contributed by atoms with Crippen LogP contribution in [0.25, 0.3) is 0 Å². The second-order valence-corrected chi connectivity index (χ2v) is 7.53. The number of nitrogens with one attached hydrogen (secondary N) is 1. The van der Waals surface area contributed by atoms with Crippen LogP contribution in [0.2, 0.25) is 0 Å². The topological polar surface area (TPSA) is 54.0 Å². The Labute approximate surface area is 172 Å². The molecule has 2 aromatic rings. The van der Waals surface area contributed by atoms with Crippen LogP contribution in [0.5, 0.6) is 11.5 Å². The molecule has 0 amide bonds. The van der Waals surface area contributed by atoms with Gasteiger partial charge in [0.25, 0.3) is 0 Å². The van der Waals surface area contributed by atoms with Crippen LogP contribution in [0.3, 0.4) is 0 Å². The van der Waals surface area contributed by atoms with Crippen LogP contribution in [0, 0.1) is 22.9 Å². The molecule has 5 nitrogen and oxygen atoms in total. The van der Waals surface area contributed by atoms with Gasteiger partial charge in [-0.25, -0.2) is 13.2 Å². The molecule has 2 N–H and O–H groups in total. The molecule has 0 aliphatic carbocycles. The predicted molar refractivity (Wildman–Crippen MR) is 106 cm³/mol. The molecule has 1 fully saturated rings. The van der Waals surface area contributed by atoms with Gasteiger partial charge < -0.3 is 24.8 Å². The molecular weight excluding hydrogens is 397 g/mol. The first kappa shape index (κ1) is 20.4. The fraction of sp³-hybridized carbons (Fsp3) is 0.364. The smallest absolute Gasteiger partial charge is 0.162 e. The number of halogens is 3. The molecule has 0 bridgehead atoms. The lowest BCUT2D eigenvalue weighted by Gasteiger charge is -2.35. The summed E-state index contributed by atoms with van der Waals surface area (Å²) in [5.41, 5.74) is 0.108. The first-order valence-electron chi connectivity index (χ1n) is 9.86. The van der Waals surface area contributed by atoms with Crippen molar-refractivity contribution < 1.29 is 27.8 Å². The van der Waals surface area contributed by atoms with Crippen LogP contribution in [-0.4, -0.2) is 38.0 Å². The van der Waals surface area contributed by atoms with Crippen LogP contribution >= 0.6 is 0 Å². The number of aliphatic hydroxyl groups is 1. The zero-order valence-corrected chi connectivity index (χ0v) is 16.3. The van der Waals surface area contributed by atoms with Crippen molar-refractivity contribution in [2.24, 2.45) is 5.41 Å². The third-order valence-corrected chi connectivity index (χ3v) is 5.57. The lowest BCUT2D eigenvalue weighted by atomic mass is 9.80. The summed E-state index contributed by atoms with van der Waals surface area (Å²) >= 11 is 0. The molecule has 1 spiro atoms. The van der Waals surface area contributed by atoms with Gasteiger partial charge in [-0.05, 0) is 25.0 Å². The van der Waals surface area contributed by atoms with E-state index in [1.54, 1.807) is 6.07 Å². The van der Waals surface area contributed by atoms with Crippen LogP contribution in [-0.2, 0) is 4.74 Å². The van der Waals surface area contributed by atoms with Crippen molar-refractivity contribution in [3.63, 3.8) is 0 Å². The van der Waals surface area contributed by atoms with Crippen molar-refractivity contribution in [3.05, 3.63) is 65.8 Å². The maximum atomic E-state index is 14.1. The van der Waals surface area contributed by atoms with E-state index in [9.17, 15) is 13.2 Å². The van der Waals surface area contributed by atoms with Crippen molar-refractivity contribution in [2.45, 2.75) is 12.8 Å². The normalized spacial score (nSPS) is 20.8. The summed E-state index contributed by atoms with van der Waals surface area (Å²) in [6.07, 6.45) is 3.38. The Morgan fingerprint density at radius 3 is 2.73 bits per heavy atom.